The fraction of sp³-hybridized carbons (Fsp3) is 0.857. The van der Waals surface area contributed by atoms with E-state index in [-0.39, 0.29) is 17.1 Å². The van der Waals surface area contributed by atoms with E-state index in [0.717, 1.165) is 0 Å². The molecule has 0 radical (unpaired) electrons. The van der Waals surface area contributed by atoms with E-state index < -0.39 is 5.67 Å². The summed E-state index contributed by atoms with van der Waals surface area (Å²) < 4.78 is 12.8. The van der Waals surface area contributed by atoms with Gasteiger partial charge in [-0.3, -0.25) is 4.79 Å². The zero-order valence-corrected chi connectivity index (χ0v) is 6.25. The van der Waals surface area contributed by atoms with Crippen LogP contribution in [-0.2, 0) is 4.79 Å². The highest BCUT2D eigenvalue weighted by molar-refractivity contribution is 6.28. The number of alkyl halides is 2. The Hall–Kier alpha value is -0.110. The first kappa shape index (κ1) is 6.59. The van der Waals surface area contributed by atoms with Crippen LogP contribution in [0.15, 0.2) is 0 Å². The third-order valence-electron chi connectivity index (χ3n) is 2.68. The maximum absolute atomic E-state index is 12.8. The van der Waals surface area contributed by atoms with Gasteiger partial charge in [0.15, 0.2) is 5.78 Å². The Bertz CT molecular complexity index is 182. The van der Waals surface area contributed by atoms with E-state index >= 15 is 0 Å². The minimum atomic E-state index is -0.971. The molecule has 0 saturated heterocycles. The summed E-state index contributed by atoms with van der Waals surface area (Å²) in [6.45, 7) is 0. The quantitative estimate of drug-likeness (QED) is 0.565. The van der Waals surface area contributed by atoms with Crippen molar-refractivity contribution in [3.8, 4) is 0 Å². The molecule has 0 aromatic heterocycles. The lowest BCUT2D eigenvalue weighted by molar-refractivity contribution is -0.209. The number of carbonyl (C=O) groups excluding carboxylic acids is 1. The molecule has 0 unspecified atom stereocenters. The van der Waals surface area contributed by atoms with Crippen LogP contribution in [0.2, 0.25) is 0 Å². The molecule has 3 rings (SSSR count). The summed E-state index contributed by atoms with van der Waals surface area (Å²) in [5, 5.41) is 0. The van der Waals surface area contributed by atoms with E-state index in [9.17, 15) is 9.18 Å². The minimum Gasteiger partial charge on any atom is -0.298 e. The SMILES string of the molecule is O=C(CCl)C12CC(F)(C1)C2. The maximum Gasteiger partial charge on any atom is 0.154 e. The molecule has 56 valence electrons. The topological polar surface area (TPSA) is 17.1 Å². The summed E-state index contributed by atoms with van der Waals surface area (Å²) in [6.07, 6.45) is 1.31. The molecule has 2 bridgehead atoms. The lowest BCUT2D eigenvalue weighted by Crippen LogP contribution is -2.68. The van der Waals surface area contributed by atoms with Crippen LogP contribution in [0.5, 0.6) is 0 Å². The first-order valence-electron chi connectivity index (χ1n) is 3.39. The molecule has 0 aromatic rings. The largest absolute Gasteiger partial charge is 0.298 e. The van der Waals surface area contributed by atoms with E-state index in [1.165, 1.54) is 0 Å². The van der Waals surface area contributed by atoms with Gasteiger partial charge in [0.05, 0.1) is 5.88 Å². The van der Waals surface area contributed by atoms with Crippen molar-refractivity contribution in [3.05, 3.63) is 0 Å². The summed E-state index contributed by atoms with van der Waals surface area (Å²) in [5.41, 5.74) is -1.28. The third kappa shape index (κ3) is 0.559. The highest BCUT2D eigenvalue weighted by Gasteiger charge is 2.71. The molecule has 1 nitrogen and oxygen atoms in total. The van der Waals surface area contributed by atoms with Gasteiger partial charge in [-0.15, -0.1) is 11.6 Å². The van der Waals surface area contributed by atoms with Crippen LogP contribution in [0.25, 0.3) is 0 Å². The Balaban J connectivity index is 2.04. The molecule has 3 saturated carbocycles. The number of rotatable bonds is 2. The second kappa shape index (κ2) is 1.55. The van der Waals surface area contributed by atoms with Crippen molar-refractivity contribution in [2.24, 2.45) is 5.41 Å². The Morgan fingerprint density at radius 1 is 1.50 bits per heavy atom. The Morgan fingerprint density at radius 3 is 2.30 bits per heavy atom. The van der Waals surface area contributed by atoms with Gasteiger partial charge in [0.25, 0.3) is 0 Å². The number of ketones is 1. The normalized spacial score (nSPS) is 49.4. The molecular weight excluding hydrogens is 155 g/mol. The molecular formula is C7H8ClFO. The maximum atomic E-state index is 12.8. The van der Waals surface area contributed by atoms with E-state index in [2.05, 4.69) is 0 Å². The van der Waals surface area contributed by atoms with Crippen molar-refractivity contribution in [2.45, 2.75) is 24.9 Å². The molecule has 0 atom stereocenters. The van der Waals surface area contributed by atoms with Crippen LogP contribution >= 0.6 is 11.6 Å². The van der Waals surface area contributed by atoms with Crippen molar-refractivity contribution < 1.29 is 9.18 Å². The average Bonchev–Trinajstić information content (AvgIpc) is 1.77. The van der Waals surface area contributed by atoms with Crippen LogP contribution in [-0.4, -0.2) is 17.3 Å². The second-order valence-electron chi connectivity index (χ2n) is 3.52. The lowest BCUT2D eigenvalue weighted by atomic mass is 9.41. The molecule has 0 N–H and O–H groups in total. The van der Waals surface area contributed by atoms with E-state index in [1.807, 2.05) is 0 Å². The van der Waals surface area contributed by atoms with Crippen molar-refractivity contribution in [3.63, 3.8) is 0 Å². The van der Waals surface area contributed by atoms with Crippen LogP contribution in [0.1, 0.15) is 19.3 Å². The number of hydrogen-bond donors (Lipinski definition) is 0. The molecule has 0 heterocycles. The summed E-state index contributed by atoms with van der Waals surface area (Å²) in [5.74, 6) is 0.0875. The average molecular weight is 163 g/mol. The molecule has 10 heavy (non-hydrogen) atoms. The Labute approximate surface area is 63.5 Å². The van der Waals surface area contributed by atoms with Crippen molar-refractivity contribution >= 4 is 17.4 Å². The Morgan fingerprint density at radius 2 is 2.00 bits per heavy atom. The van der Waals surface area contributed by atoms with Gasteiger partial charge < -0.3 is 0 Å². The molecule has 0 aromatic carbocycles. The monoisotopic (exact) mass is 162 g/mol. The van der Waals surface area contributed by atoms with Gasteiger partial charge in [0.2, 0.25) is 0 Å². The second-order valence-corrected chi connectivity index (χ2v) is 3.79. The summed E-state index contributed by atoms with van der Waals surface area (Å²) >= 11 is 5.35. The highest BCUT2D eigenvalue weighted by atomic mass is 35.5. The molecule has 0 amide bonds. The van der Waals surface area contributed by atoms with Gasteiger partial charge in [0.1, 0.15) is 5.67 Å². The predicted octanol–water partition coefficient (Wildman–Crippen LogP) is 1.69. The van der Waals surface area contributed by atoms with Gasteiger partial charge in [-0.25, -0.2) is 4.39 Å². The third-order valence-corrected chi connectivity index (χ3v) is 2.92. The summed E-state index contributed by atoms with van der Waals surface area (Å²) in [7, 11) is 0. The summed E-state index contributed by atoms with van der Waals surface area (Å²) in [6, 6.07) is 0. The molecule has 3 fully saturated rings. The van der Waals surface area contributed by atoms with Gasteiger partial charge in [-0.1, -0.05) is 0 Å². The first-order chi connectivity index (χ1) is 4.60. The molecule has 0 aliphatic heterocycles. The first-order valence-corrected chi connectivity index (χ1v) is 3.92. The van der Waals surface area contributed by atoms with Gasteiger partial charge in [0, 0.05) is 5.41 Å². The molecule has 3 heteroatoms. The van der Waals surface area contributed by atoms with E-state index in [4.69, 9.17) is 11.6 Å². The Kier molecular flexibility index (Phi) is 1.02. The zero-order valence-electron chi connectivity index (χ0n) is 5.49. The number of Topliss-reactive ketones (excluding diaryl/α,β-unsaturated/α-hetero) is 1. The number of hydrogen-bond acceptors (Lipinski definition) is 1. The fourth-order valence-corrected chi connectivity index (χ4v) is 2.38. The lowest BCUT2D eigenvalue weighted by Gasteiger charge is -2.64. The zero-order chi connectivity index (χ0) is 7.41. The van der Waals surface area contributed by atoms with Crippen molar-refractivity contribution in [1.29, 1.82) is 0 Å². The number of halogens is 2. The minimum absolute atomic E-state index is 0.0358. The van der Waals surface area contributed by atoms with Crippen LogP contribution in [0.3, 0.4) is 0 Å². The fourth-order valence-electron chi connectivity index (χ4n) is 2.10. The van der Waals surface area contributed by atoms with Crippen molar-refractivity contribution in [2.75, 3.05) is 5.88 Å². The van der Waals surface area contributed by atoms with Gasteiger partial charge >= 0.3 is 0 Å². The van der Waals surface area contributed by atoms with E-state index in [1.54, 1.807) is 0 Å². The molecule has 3 aliphatic rings. The van der Waals surface area contributed by atoms with Crippen LogP contribution in [0.4, 0.5) is 4.39 Å². The van der Waals surface area contributed by atoms with Crippen LogP contribution in [0, 0.1) is 5.41 Å². The standard InChI is InChI=1S/C7H8ClFO/c8-1-5(10)6-2-7(9,3-6)4-6/h1-4H2. The highest BCUT2D eigenvalue weighted by Crippen LogP contribution is 2.69. The predicted molar refractivity (Wildman–Crippen MR) is 35.9 cm³/mol. The molecule has 0 spiro atoms. The van der Waals surface area contributed by atoms with Gasteiger partial charge in [-0.2, -0.15) is 0 Å². The van der Waals surface area contributed by atoms with Crippen LogP contribution < -0.4 is 0 Å². The van der Waals surface area contributed by atoms with Gasteiger partial charge in [-0.05, 0) is 19.3 Å². The van der Waals surface area contributed by atoms with Crippen molar-refractivity contribution in [1.82, 2.24) is 0 Å². The smallest absolute Gasteiger partial charge is 0.154 e. The summed E-state index contributed by atoms with van der Waals surface area (Å²) in [4.78, 5) is 11.0. The number of carbonyl (C=O) groups is 1. The molecule has 3 aliphatic carbocycles. The van der Waals surface area contributed by atoms with E-state index in [0.29, 0.717) is 19.3 Å².